The van der Waals surface area contributed by atoms with E-state index in [2.05, 4.69) is 5.32 Å². The van der Waals surface area contributed by atoms with E-state index < -0.39 is 23.6 Å². The van der Waals surface area contributed by atoms with Crippen LogP contribution in [0, 0.1) is 11.6 Å². The van der Waals surface area contributed by atoms with E-state index in [4.69, 9.17) is 4.74 Å². The molecule has 1 N–H and O–H groups in total. The molecular weight excluding hydrogens is 342 g/mol. The molecule has 2 fully saturated rings. The first-order valence-corrected chi connectivity index (χ1v) is 9.21. The number of hydrogen-bond donors (Lipinski definition) is 1. The van der Waals surface area contributed by atoms with E-state index in [-0.39, 0.29) is 24.3 Å². The minimum absolute atomic E-state index is 0.0248. The van der Waals surface area contributed by atoms with Crippen LogP contribution in [-0.4, -0.2) is 42.0 Å². The zero-order chi connectivity index (χ0) is 18.5. The standard InChI is InChI=1S/C19H24F2N2O3/c20-13-9-14(21)11-15(10-13)22-19(25)17-7-3-4-8-23(17)18(24)12-26-16-5-1-2-6-16/h9-11,16-17H,1-8,12H2,(H,22,25)/t17-/m0/s1. The summed E-state index contributed by atoms with van der Waals surface area (Å²) >= 11 is 0. The highest BCUT2D eigenvalue weighted by atomic mass is 19.1. The Balaban J connectivity index is 1.61. The van der Waals surface area contributed by atoms with Gasteiger partial charge < -0.3 is 15.0 Å². The molecule has 2 aliphatic rings. The molecule has 1 aliphatic heterocycles. The fourth-order valence-corrected chi connectivity index (χ4v) is 3.68. The number of amides is 2. The van der Waals surface area contributed by atoms with Crippen molar-refractivity contribution in [3.05, 3.63) is 29.8 Å². The molecule has 1 atom stereocenters. The topological polar surface area (TPSA) is 58.6 Å². The summed E-state index contributed by atoms with van der Waals surface area (Å²) < 4.78 is 32.3. The number of likely N-dealkylation sites (tertiary alicyclic amines) is 1. The normalized spacial score (nSPS) is 21.0. The van der Waals surface area contributed by atoms with Crippen molar-refractivity contribution < 1.29 is 23.1 Å². The molecule has 142 valence electrons. The Hall–Kier alpha value is -2.02. The largest absolute Gasteiger partial charge is 0.368 e. The van der Waals surface area contributed by atoms with Crippen molar-refractivity contribution in [3.63, 3.8) is 0 Å². The first-order chi connectivity index (χ1) is 12.5. The Morgan fingerprint density at radius 1 is 1.04 bits per heavy atom. The zero-order valence-corrected chi connectivity index (χ0v) is 14.7. The summed E-state index contributed by atoms with van der Waals surface area (Å²) in [5, 5.41) is 2.52. The number of anilines is 1. The molecule has 0 bridgehead atoms. The lowest BCUT2D eigenvalue weighted by Gasteiger charge is -2.35. The lowest BCUT2D eigenvalue weighted by Crippen LogP contribution is -2.51. The summed E-state index contributed by atoms with van der Waals surface area (Å²) in [4.78, 5) is 26.6. The number of carbonyl (C=O) groups excluding carboxylic acids is 2. The van der Waals surface area contributed by atoms with E-state index in [0.717, 1.165) is 56.7 Å². The van der Waals surface area contributed by atoms with Crippen molar-refractivity contribution in [3.8, 4) is 0 Å². The van der Waals surface area contributed by atoms with Gasteiger partial charge in [0.2, 0.25) is 11.8 Å². The first-order valence-electron chi connectivity index (χ1n) is 9.21. The van der Waals surface area contributed by atoms with Gasteiger partial charge in [-0.25, -0.2) is 8.78 Å². The van der Waals surface area contributed by atoms with Gasteiger partial charge in [0.05, 0.1) is 6.10 Å². The predicted molar refractivity (Wildman–Crippen MR) is 92.5 cm³/mol. The maximum absolute atomic E-state index is 13.3. The number of halogens is 2. The minimum Gasteiger partial charge on any atom is -0.368 e. The fourth-order valence-electron chi connectivity index (χ4n) is 3.68. The molecule has 0 radical (unpaired) electrons. The van der Waals surface area contributed by atoms with Crippen LogP contribution in [-0.2, 0) is 14.3 Å². The Bertz CT molecular complexity index is 642. The Morgan fingerprint density at radius 3 is 2.38 bits per heavy atom. The van der Waals surface area contributed by atoms with Gasteiger partial charge in [0.1, 0.15) is 24.3 Å². The van der Waals surface area contributed by atoms with E-state index >= 15 is 0 Å². The highest BCUT2D eigenvalue weighted by Gasteiger charge is 2.32. The molecule has 0 spiro atoms. The average molecular weight is 366 g/mol. The van der Waals surface area contributed by atoms with Gasteiger partial charge in [-0.1, -0.05) is 12.8 Å². The molecule has 7 heteroatoms. The van der Waals surface area contributed by atoms with Crippen molar-refractivity contribution >= 4 is 17.5 Å². The van der Waals surface area contributed by atoms with Crippen molar-refractivity contribution in [2.75, 3.05) is 18.5 Å². The second-order valence-corrected chi connectivity index (χ2v) is 6.96. The van der Waals surface area contributed by atoms with Crippen molar-refractivity contribution in [2.24, 2.45) is 0 Å². The molecule has 1 aliphatic carbocycles. The number of carbonyl (C=O) groups is 2. The molecule has 1 aromatic rings. The second kappa shape index (κ2) is 8.58. The summed E-state index contributed by atoms with van der Waals surface area (Å²) in [7, 11) is 0. The SMILES string of the molecule is O=C(Nc1cc(F)cc(F)c1)[C@@H]1CCCCN1C(=O)COC1CCCC1. The molecule has 1 saturated heterocycles. The summed E-state index contributed by atoms with van der Waals surface area (Å²) in [6.07, 6.45) is 6.50. The molecule has 1 aromatic carbocycles. The number of rotatable bonds is 5. The van der Waals surface area contributed by atoms with E-state index in [1.54, 1.807) is 0 Å². The summed E-state index contributed by atoms with van der Waals surface area (Å²) in [6.45, 7) is 0.464. The highest BCUT2D eigenvalue weighted by Crippen LogP contribution is 2.23. The van der Waals surface area contributed by atoms with Crippen LogP contribution in [0.5, 0.6) is 0 Å². The molecule has 3 rings (SSSR count). The van der Waals surface area contributed by atoms with E-state index in [1.807, 2.05) is 0 Å². The number of piperidine rings is 1. The minimum atomic E-state index is -0.762. The number of nitrogens with zero attached hydrogens (tertiary/aromatic N) is 1. The number of hydrogen-bond acceptors (Lipinski definition) is 3. The van der Waals surface area contributed by atoms with Crippen molar-refractivity contribution in [1.29, 1.82) is 0 Å². The number of nitrogens with one attached hydrogen (secondary N) is 1. The summed E-state index contributed by atoms with van der Waals surface area (Å²) in [6, 6.07) is 2.21. The molecule has 2 amide bonds. The van der Waals surface area contributed by atoms with E-state index in [1.165, 1.54) is 4.90 Å². The van der Waals surface area contributed by atoms with Crippen LogP contribution in [0.2, 0.25) is 0 Å². The maximum atomic E-state index is 13.3. The van der Waals surface area contributed by atoms with Crippen LogP contribution in [0.1, 0.15) is 44.9 Å². The summed E-state index contributed by atoms with van der Waals surface area (Å²) in [5.41, 5.74) is 0.0488. The third-order valence-electron chi connectivity index (χ3n) is 5.00. The highest BCUT2D eigenvalue weighted by molar-refractivity contribution is 5.97. The summed E-state index contributed by atoms with van der Waals surface area (Å²) in [5.74, 6) is -2.16. The Morgan fingerprint density at radius 2 is 1.69 bits per heavy atom. The molecular formula is C19H24F2N2O3. The van der Waals surface area contributed by atoms with Gasteiger partial charge in [0.15, 0.2) is 0 Å². The van der Waals surface area contributed by atoms with Crippen molar-refractivity contribution in [2.45, 2.75) is 57.1 Å². The van der Waals surface area contributed by atoms with Crippen LogP contribution in [0.25, 0.3) is 0 Å². The number of ether oxygens (including phenoxy) is 1. The van der Waals surface area contributed by atoms with Crippen LogP contribution in [0.3, 0.4) is 0 Å². The van der Waals surface area contributed by atoms with Gasteiger partial charge in [-0.2, -0.15) is 0 Å². The maximum Gasteiger partial charge on any atom is 0.249 e. The van der Waals surface area contributed by atoms with Gasteiger partial charge in [-0.05, 0) is 44.2 Å². The quantitative estimate of drug-likeness (QED) is 0.870. The monoisotopic (exact) mass is 366 g/mol. The molecule has 5 nitrogen and oxygen atoms in total. The zero-order valence-electron chi connectivity index (χ0n) is 14.7. The molecule has 0 aromatic heterocycles. The molecule has 26 heavy (non-hydrogen) atoms. The second-order valence-electron chi connectivity index (χ2n) is 6.96. The average Bonchev–Trinajstić information content (AvgIpc) is 3.12. The number of benzene rings is 1. The van der Waals surface area contributed by atoms with Crippen LogP contribution in [0.4, 0.5) is 14.5 Å². The van der Waals surface area contributed by atoms with Gasteiger partial charge in [-0.3, -0.25) is 9.59 Å². The fraction of sp³-hybridized carbons (Fsp3) is 0.579. The van der Waals surface area contributed by atoms with E-state index in [0.29, 0.717) is 13.0 Å². The Kier molecular flexibility index (Phi) is 6.19. The van der Waals surface area contributed by atoms with Gasteiger partial charge >= 0.3 is 0 Å². The molecule has 0 unspecified atom stereocenters. The first kappa shape index (κ1) is 18.8. The van der Waals surface area contributed by atoms with Crippen molar-refractivity contribution in [1.82, 2.24) is 4.90 Å². The third-order valence-corrected chi connectivity index (χ3v) is 5.00. The van der Waals surface area contributed by atoms with Gasteiger partial charge in [-0.15, -0.1) is 0 Å². The molecule has 1 heterocycles. The van der Waals surface area contributed by atoms with Crippen LogP contribution < -0.4 is 5.32 Å². The van der Waals surface area contributed by atoms with Crippen LogP contribution in [0.15, 0.2) is 18.2 Å². The lowest BCUT2D eigenvalue weighted by molar-refractivity contribution is -0.145. The molecule has 1 saturated carbocycles. The smallest absolute Gasteiger partial charge is 0.249 e. The third kappa shape index (κ3) is 4.78. The Labute approximate surface area is 151 Å². The van der Waals surface area contributed by atoms with E-state index in [9.17, 15) is 18.4 Å². The predicted octanol–water partition coefficient (Wildman–Crippen LogP) is 3.24. The van der Waals surface area contributed by atoms with Gasteiger partial charge in [0, 0.05) is 18.3 Å². The lowest BCUT2D eigenvalue weighted by atomic mass is 10.0. The van der Waals surface area contributed by atoms with Gasteiger partial charge in [0.25, 0.3) is 0 Å². The van der Waals surface area contributed by atoms with Crippen LogP contribution >= 0.6 is 0 Å².